The Morgan fingerprint density at radius 3 is 2.44 bits per heavy atom. The molecular formula is C22H21ClN2O6S. The van der Waals surface area contributed by atoms with Crippen LogP contribution in [0.25, 0.3) is 0 Å². The molecule has 3 aromatic rings. The highest BCUT2D eigenvalue weighted by atomic mass is 35.5. The van der Waals surface area contributed by atoms with Gasteiger partial charge in [0.25, 0.3) is 10.0 Å². The number of amides is 1. The van der Waals surface area contributed by atoms with Gasteiger partial charge in [0.05, 0.1) is 36.9 Å². The molecule has 0 fully saturated rings. The average molecular weight is 477 g/mol. The Kier molecular flexibility index (Phi) is 7.12. The summed E-state index contributed by atoms with van der Waals surface area (Å²) in [6.07, 6.45) is -0.0302. The Balaban J connectivity index is 1.77. The number of ether oxygens (including phenoxy) is 2. The molecule has 0 atom stereocenters. The maximum absolute atomic E-state index is 12.7. The molecule has 10 heteroatoms. The van der Waals surface area contributed by atoms with E-state index >= 15 is 0 Å². The summed E-state index contributed by atoms with van der Waals surface area (Å²) in [5.41, 5.74) is 0.889. The Morgan fingerprint density at radius 1 is 1.00 bits per heavy atom. The summed E-state index contributed by atoms with van der Waals surface area (Å²) in [7, 11) is -0.984. The Bertz CT molecular complexity index is 1250. The van der Waals surface area contributed by atoms with Gasteiger partial charge in [-0.15, -0.1) is 0 Å². The van der Waals surface area contributed by atoms with Crippen LogP contribution < -0.4 is 19.5 Å². The van der Waals surface area contributed by atoms with Crippen molar-refractivity contribution < 1.29 is 27.8 Å². The van der Waals surface area contributed by atoms with E-state index in [0.717, 1.165) is 0 Å². The zero-order valence-corrected chi connectivity index (χ0v) is 18.8. The van der Waals surface area contributed by atoms with E-state index in [1.54, 1.807) is 36.4 Å². The molecule has 3 N–H and O–H groups in total. The van der Waals surface area contributed by atoms with E-state index in [9.17, 15) is 18.3 Å². The summed E-state index contributed by atoms with van der Waals surface area (Å²) < 4.78 is 38.2. The Labute approximate surface area is 190 Å². The number of rotatable bonds is 8. The van der Waals surface area contributed by atoms with Crippen LogP contribution in [0.2, 0.25) is 5.02 Å². The van der Waals surface area contributed by atoms with Gasteiger partial charge in [-0.2, -0.15) is 0 Å². The van der Waals surface area contributed by atoms with Crippen LogP contribution in [0.4, 0.5) is 11.4 Å². The molecule has 0 heterocycles. The minimum atomic E-state index is -3.98. The van der Waals surface area contributed by atoms with Crippen molar-refractivity contribution in [2.45, 2.75) is 11.3 Å². The predicted molar refractivity (Wildman–Crippen MR) is 122 cm³/mol. The summed E-state index contributed by atoms with van der Waals surface area (Å²) >= 11 is 5.90. The number of hydrogen-bond acceptors (Lipinski definition) is 6. The second-order valence-corrected chi connectivity index (χ2v) is 8.83. The predicted octanol–water partition coefficient (Wildman–Crippen LogP) is 4.04. The number of methoxy groups -OCH3 is 2. The van der Waals surface area contributed by atoms with Crippen molar-refractivity contribution in [1.29, 1.82) is 0 Å². The quantitative estimate of drug-likeness (QED) is 0.423. The first-order chi connectivity index (χ1) is 15.2. The number of nitrogens with one attached hydrogen (secondary N) is 2. The lowest BCUT2D eigenvalue weighted by Gasteiger charge is -2.12. The summed E-state index contributed by atoms with van der Waals surface area (Å²) in [5, 5.41) is 13.0. The molecule has 0 spiro atoms. The molecule has 3 aromatic carbocycles. The van der Waals surface area contributed by atoms with Crippen molar-refractivity contribution in [3.63, 3.8) is 0 Å². The van der Waals surface area contributed by atoms with Gasteiger partial charge in [0, 0.05) is 5.02 Å². The second kappa shape index (κ2) is 9.80. The number of phenolic OH excluding ortho intramolecular Hbond substituents is 1. The van der Waals surface area contributed by atoms with Gasteiger partial charge in [-0.05, 0) is 54.1 Å². The SMILES string of the molecule is COc1ccc(CC(=O)Nc2cc(S(=O)(=O)Nc3cccc(Cl)c3)ccc2O)cc1OC. The maximum atomic E-state index is 12.7. The Morgan fingerprint density at radius 2 is 1.75 bits per heavy atom. The highest BCUT2D eigenvalue weighted by Gasteiger charge is 2.18. The number of phenols is 1. The van der Waals surface area contributed by atoms with Crippen molar-refractivity contribution in [3.05, 3.63) is 71.2 Å². The van der Waals surface area contributed by atoms with Gasteiger partial charge in [-0.3, -0.25) is 9.52 Å². The average Bonchev–Trinajstić information content (AvgIpc) is 2.74. The molecule has 32 heavy (non-hydrogen) atoms. The number of halogens is 1. The molecule has 168 valence electrons. The van der Waals surface area contributed by atoms with Crippen molar-refractivity contribution in [3.8, 4) is 17.2 Å². The number of carbonyl (C=O) groups is 1. The summed E-state index contributed by atoms with van der Waals surface area (Å²) in [4.78, 5) is 12.4. The highest BCUT2D eigenvalue weighted by molar-refractivity contribution is 7.92. The van der Waals surface area contributed by atoms with Gasteiger partial charge in [-0.25, -0.2) is 8.42 Å². The van der Waals surface area contributed by atoms with Gasteiger partial charge in [0.1, 0.15) is 5.75 Å². The van der Waals surface area contributed by atoms with Gasteiger partial charge in [0.15, 0.2) is 11.5 Å². The number of anilines is 2. The zero-order valence-electron chi connectivity index (χ0n) is 17.3. The van der Waals surface area contributed by atoms with Crippen LogP contribution in [-0.4, -0.2) is 33.7 Å². The third-order valence-electron chi connectivity index (χ3n) is 4.44. The monoisotopic (exact) mass is 476 g/mol. The van der Waals surface area contributed by atoms with Crippen molar-refractivity contribution >= 4 is 38.9 Å². The lowest BCUT2D eigenvalue weighted by molar-refractivity contribution is -0.115. The zero-order chi connectivity index (χ0) is 23.3. The topological polar surface area (TPSA) is 114 Å². The normalized spacial score (nSPS) is 11.0. The largest absolute Gasteiger partial charge is 0.506 e. The maximum Gasteiger partial charge on any atom is 0.261 e. The second-order valence-electron chi connectivity index (χ2n) is 6.71. The fourth-order valence-corrected chi connectivity index (χ4v) is 4.18. The van der Waals surface area contributed by atoms with Gasteiger partial charge in [0.2, 0.25) is 5.91 Å². The lowest BCUT2D eigenvalue weighted by Crippen LogP contribution is -2.16. The number of carbonyl (C=O) groups excluding carboxylic acids is 1. The first kappa shape index (κ1) is 23.2. The molecule has 0 radical (unpaired) electrons. The van der Waals surface area contributed by atoms with Gasteiger partial charge < -0.3 is 19.9 Å². The summed E-state index contributed by atoms with van der Waals surface area (Å²) in [5.74, 6) is 0.275. The van der Waals surface area contributed by atoms with Crippen LogP contribution >= 0.6 is 11.6 Å². The molecule has 0 aromatic heterocycles. The van der Waals surface area contributed by atoms with E-state index < -0.39 is 15.9 Å². The Hall–Kier alpha value is -3.43. The highest BCUT2D eigenvalue weighted by Crippen LogP contribution is 2.30. The number of hydrogen-bond donors (Lipinski definition) is 3. The van der Waals surface area contributed by atoms with Crippen LogP contribution in [-0.2, 0) is 21.2 Å². The lowest BCUT2D eigenvalue weighted by atomic mass is 10.1. The van der Waals surface area contributed by atoms with Crippen molar-refractivity contribution in [2.24, 2.45) is 0 Å². The molecule has 0 saturated heterocycles. The van der Waals surface area contributed by atoms with E-state index in [0.29, 0.717) is 22.1 Å². The summed E-state index contributed by atoms with van der Waals surface area (Å²) in [6.45, 7) is 0. The fourth-order valence-electron chi connectivity index (χ4n) is 2.92. The minimum absolute atomic E-state index is 0.0302. The molecule has 0 aliphatic rings. The molecule has 3 rings (SSSR count). The first-order valence-electron chi connectivity index (χ1n) is 9.34. The van der Waals surface area contributed by atoms with Gasteiger partial charge >= 0.3 is 0 Å². The molecular weight excluding hydrogens is 456 g/mol. The number of aromatic hydroxyl groups is 1. The van der Waals surface area contributed by atoms with Crippen LogP contribution in [0.5, 0.6) is 17.2 Å². The van der Waals surface area contributed by atoms with E-state index in [4.69, 9.17) is 21.1 Å². The third-order valence-corrected chi connectivity index (χ3v) is 6.06. The smallest absolute Gasteiger partial charge is 0.261 e. The van der Waals surface area contributed by atoms with Crippen LogP contribution in [0, 0.1) is 0 Å². The third kappa shape index (κ3) is 5.63. The van der Waals surface area contributed by atoms with Crippen LogP contribution in [0.1, 0.15) is 5.56 Å². The first-order valence-corrected chi connectivity index (χ1v) is 11.2. The molecule has 0 aliphatic heterocycles. The molecule has 0 aliphatic carbocycles. The molecule has 0 saturated carbocycles. The van der Waals surface area contributed by atoms with E-state index in [1.807, 2.05) is 0 Å². The summed E-state index contributed by atoms with van der Waals surface area (Å²) in [6, 6.07) is 14.9. The van der Waals surface area contributed by atoms with E-state index in [-0.39, 0.29) is 28.4 Å². The van der Waals surface area contributed by atoms with Gasteiger partial charge in [-0.1, -0.05) is 23.7 Å². The molecule has 0 bridgehead atoms. The fraction of sp³-hybridized carbons (Fsp3) is 0.136. The number of benzene rings is 3. The standard InChI is InChI=1S/C22H21ClN2O6S/c1-30-20-9-6-14(10-21(20)31-2)11-22(27)24-18-13-17(7-8-19(18)26)32(28,29)25-16-5-3-4-15(23)12-16/h3-10,12-13,25-26H,11H2,1-2H3,(H,24,27). The molecule has 0 unspecified atom stereocenters. The minimum Gasteiger partial charge on any atom is -0.506 e. The molecule has 1 amide bonds. The van der Waals surface area contributed by atoms with E-state index in [1.165, 1.54) is 38.5 Å². The van der Waals surface area contributed by atoms with E-state index in [2.05, 4.69) is 10.0 Å². The van der Waals surface area contributed by atoms with Crippen LogP contribution in [0.15, 0.2) is 65.6 Å². The van der Waals surface area contributed by atoms with Crippen LogP contribution in [0.3, 0.4) is 0 Å². The molecule has 8 nitrogen and oxygen atoms in total. The number of sulfonamides is 1. The van der Waals surface area contributed by atoms with Crippen molar-refractivity contribution in [1.82, 2.24) is 0 Å². The van der Waals surface area contributed by atoms with Crippen molar-refractivity contribution in [2.75, 3.05) is 24.3 Å².